The third kappa shape index (κ3) is 4.13. The molecule has 1 heterocycles. The van der Waals surface area contributed by atoms with Gasteiger partial charge < -0.3 is 8.60 Å². The molecule has 0 saturated heterocycles. The Bertz CT molecular complexity index is 1370. The number of nitriles is 1. The number of fused-ring (bicyclic) bond motifs is 1. The first-order chi connectivity index (χ1) is 14.5. The Hall–Kier alpha value is -3.41. The molecule has 0 aliphatic heterocycles. The number of halogens is 1. The molecule has 30 heavy (non-hydrogen) atoms. The molecular formula is C22H13BrN2O4S. The van der Waals surface area contributed by atoms with Crippen LogP contribution in [0.3, 0.4) is 0 Å². The molecule has 0 unspecified atom stereocenters. The number of aromatic nitrogens is 1. The van der Waals surface area contributed by atoms with Crippen molar-refractivity contribution in [3.05, 3.63) is 88.7 Å². The van der Waals surface area contributed by atoms with Gasteiger partial charge in [0, 0.05) is 10.0 Å². The van der Waals surface area contributed by atoms with Crippen molar-refractivity contribution in [3.63, 3.8) is 0 Å². The van der Waals surface area contributed by atoms with Crippen molar-refractivity contribution in [3.8, 4) is 11.8 Å². The van der Waals surface area contributed by atoms with Crippen LogP contribution in [-0.2, 0) is 10.1 Å². The van der Waals surface area contributed by atoms with Crippen molar-refractivity contribution in [2.45, 2.75) is 4.90 Å². The number of hydrogen-bond donors (Lipinski definition) is 0. The van der Waals surface area contributed by atoms with Crippen LogP contribution >= 0.6 is 15.9 Å². The molecule has 0 N–H and O–H groups in total. The molecule has 0 radical (unpaired) electrons. The van der Waals surface area contributed by atoms with Gasteiger partial charge in [-0.15, -0.1) is 0 Å². The van der Waals surface area contributed by atoms with Gasteiger partial charge in [-0.1, -0.05) is 46.3 Å². The number of rotatable bonds is 5. The first-order valence-corrected chi connectivity index (χ1v) is 10.9. The van der Waals surface area contributed by atoms with Gasteiger partial charge in [-0.2, -0.15) is 13.7 Å². The maximum absolute atomic E-state index is 12.6. The fraction of sp³-hybridized carbons (Fsp3) is 0. The smallest absolute Gasteiger partial charge is 0.339 e. The van der Waals surface area contributed by atoms with Gasteiger partial charge in [0.05, 0.1) is 0 Å². The van der Waals surface area contributed by atoms with E-state index in [0.717, 1.165) is 0 Å². The molecule has 8 heteroatoms. The van der Waals surface area contributed by atoms with Crippen LogP contribution in [0.2, 0.25) is 0 Å². The quantitative estimate of drug-likeness (QED) is 0.279. The molecule has 0 aliphatic rings. The zero-order valence-corrected chi connectivity index (χ0v) is 17.7. The Morgan fingerprint density at radius 1 is 1.07 bits per heavy atom. The summed E-state index contributed by atoms with van der Waals surface area (Å²) < 4.78 is 37.0. The Labute approximate surface area is 181 Å². The normalized spacial score (nSPS) is 11.9. The Morgan fingerprint density at radius 3 is 2.53 bits per heavy atom. The maximum atomic E-state index is 12.6. The summed E-state index contributed by atoms with van der Waals surface area (Å²) in [6.45, 7) is 0. The summed E-state index contributed by atoms with van der Waals surface area (Å²) in [4.78, 5) is 4.36. The average Bonchev–Trinajstić information content (AvgIpc) is 3.18. The van der Waals surface area contributed by atoms with E-state index in [1.54, 1.807) is 42.5 Å². The number of oxazole rings is 1. The monoisotopic (exact) mass is 480 g/mol. The van der Waals surface area contributed by atoms with E-state index in [1.807, 2.05) is 12.1 Å². The Morgan fingerprint density at radius 2 is 1.80 bits per heavy atom. The molecule has 4 rings (SSSR count). The van der Waals surface area contributed by atoms with Gasteiger partial charge >= 0.3 is 10.1 Å². The van der Waals surface area contributed by atoms with Crippen LogP contribution in [0.4, 0.5) is 0 Å². The van der Waals surface area contributed by atoms with Gasteiger partial charge in [-0.25, -0.2) is 4.98 Å². The van der Waals surface area contributed by atoms with Crippen LogP contribution < -0.4 is 4.18 Å². The fourth-order valence-electron chi connectivity index (χ4n) is 2.75. The summed E-state index contributed by atoms with van der Waals surface area (Å²) in [5.74, 6) is 0.210. The molecule has 1 aromatic heterocycles. The zero-order valence-electron chi connectivity index (χ0n) is 15.3. The van der Waals surface area contributed by atoms with Crippen LogP contribution in [0.1, 0.15) is 11.5 Å². The largest absolute Gasteiger partial charge is 0.435 e. The van der Waals surface area contributed by atoms with Crippen molar-refractivity contribution in [1.29, 1.82) is 5.26 Å². The topological polar surface area (TPSA) is 93.2 Å². The summed E-state index contributed by atoms with van der Waals surface area (Å²) in [5, 5.41) is 9.65. The standard InChI is InChI=1S/C22H13BrN2O4S/c23-17-10-11-20(29-30(26,27)18-6-2-1-3-7-18)15(13-17)12-16(14-24)22-25-19-8-4-5-9-21(19)28-22/h1-13H/b16-12+. The molecule has 0 atom stereocenters. The first-order valence-electron chi connectivity index (χ1n) is 8.73. The van der Waals surface area contributed by atoms with E-state index in [-0.39, 0.29) is 22.1 Å². The van der Waals surface area contributed by atoms with Crippen LogP contribution in [0.15, 0.2) is 86.6 Å². The predicted molar refractivity (Wildman–Crippen MR) is 116 cm³/mol. The van der Waals surface area contributed by atoms with Gasteiger partial charge in [0.1, 0.15) is 27.8 Å². The fourth-order valence-corrected chi connectivity index (χ4v) is 4.10. The van der Waals surface area contributed by atoms with E-state index in [2.05, 4.69) is 27.0 Å². The van der Waals surface area contributed by atoms with Crippen molar-refractivity contribution < 1.29 is 17.0 Å². The minimum Gasteiger partial charge on any atom is -0.435 e. The second kappa shape index (κ2) is 8.14. The molecule has 4 aromatic rings. The van der Waals surface area contributed by atoms with Crippen molar-refractivity contribution in [1.82, 2.24) is 4.98 Å². The predicted octanol–water partition coefficient (Wildman–Crippen LogP) is 5.42. The molecule has 3 aromatic carbocycles. The number of allylic oxidation sites excluding steroid dienone is 1. The molecule has 0 amide bonds. The van der Waals surface area contributed by atoms with Crippen molar-refractivity contribution in [2.24, 2.45) is 0 Å². The van der Waals surface area contributed by atoms with Gasteiger partial charge in [-0.3, -0.25) is 0 Å². The molecule has 0 bridgehead atoms. The summed E-state index contributed by atoms with van der Waals surface area (Å²) >= 11 is 3.36. The van der Waals surface area contributed by atoms with E-state index in [1.165, 1.54) is 24.3 Å². The molecule has 0 fully saturated rings. The van der Waals surface area contributed by atoms with Gasteiger partial charge in [-0.05, 0) is 48.5 Å². The highest BCUT2D eigenvalue weighted by molar-refractivity contribution is 9.10. The van der Waals surface area contributed by atoms with Crippen LogP contribution in [0.25, 0.3) is 22.7 Å². The zero-order chi connectivity index (χ0) is 21.1. The van der Waals surface area contributed by atoms with Crippen LogP contribution in [0.5, 0.6) is 5.75 Å². The van der Waals surface area contributed by atoms with Crippen LogP contribution in [-0.4, -0.2) is 13.4 Å². The van der Waals surface area contributed by atoms with Crippen molar-refractivity contribution in [2.75, 3.05) is 0 Å². The Balaban J connectivity index is 1.77. The van der Waals surface area contributed by atoms with Crippen molar-refractivity contribution >= 4 is 48.8 Å². The minimum absolute atomic E-state index is 0.0299. The van der Waals surface area contributed by atoms with E-state index in [4.69, 9.17) is 8.60 Å². The molecule has 148 valence electrons. The lowest BCUT2D eigenvalue weighted by Crippen LogP contribution is -2.10. The van der Waals surface area contributed by atoms with Gasteiger partial charge in [0.15, 0.2) is 5.58 Å². The summed E-state index contributed by atoms with van der Waals surface area (Å²) in [6.07, 6.45) is 1.48. The lowest BCUT2D eigenvalue weighted by Gasteiger charge is -2.10. The average molecular weight is 481 g/mol. The first kappa shape index (κ1) is 19.9. The third-order valence-electron chi connectivity index (χ3n) is 4.15. The number of para-hydroxylation sites is 2. The maximum Gasteiger partial charge on any atom is 0.339 e. The summed E-state index contributed by atoms with van der Waals surface area (Å²) in [7, 11) is -4.04. The van der Waals surface area contributed by atoms with E-state index < -0.39 is 10.1 Å². The van der Waals surface area contributed by atoms with E-state index in [0.29, 0.717) is 21.1 Å². The molecule has 0 saturated carbocycles. The van der Waals surface area contributed by atoms with Gasteiger partial charge in [0.25, 0.3) is 0 Å². The van der Waals surface area contributed by atoms with E-state index >= 15 is 0 Å². The lowest BCUT2D eigenvalue weighted by molar-refractivity contribution is 0.485. The highest BCUT2D eigenvalue weighted by atomic mass is 79.9. The number of hydrogen-bond acceptors (Lipinski definition) is 6. The lowest BCUT2D eigenvalue weighted by atomic mass is 10.1. The highest BCUT2D eigenvalue weighted by Gasteiger charge is 2.19. The molecule has 0 aliphatic carbocycles. The second-order valence-electron chi connectivity index (χ2n) is 6.19. The van der Waals surface area contributed by atoms with E-state index in [9.17, 15) is 13.7 Å². The summed E-state index contributed by atoms with van der Waals surface area (Å²) in [5.41, 5.74) is 1.67. The highest BCUT2D eigenvalue weighted by Crippen LogP contribution is 2.30. The minimum atomic E-state index is -4.04. The van der Waals surface area contributed by atoms with Gasteiger partial charge in [0.2, 0.25) is 5.89 Å². The van der Waals surface area contributed by atoms with Crippen LogP contribution in [0, 0.1) is 11.3 Å². The molecule has 0 spiro atoms. The number of benzene rings is 3. The molecule has 6 nitrogen and oxygen atoms in total. The Kier molecular flexibility index (Phi) is 5.40. The second-order valence-corrected chi connectivity index (χ2v) is 8.65. The third-order valence-corrected chi connectivity index (χ3v) is 5.89. The molecular weight excluding hydrogens is 468 g/mol. The number of nitrogens with zero attached hydrogens (tertiary/aromatic N) is 2. The SMILES string of the molecule is N#C/C(=C\c1cc(Br)ccc1OS(=O)(=O)c1ccccc1)c1nc2ccccc2o1. The summed E-state index contributed by atoms with van der Waals surface area (Å²) in [6, 6.07) is 21.8.